The topological polar surface area (TPSA) is 105 Å². The molecule has 2 aliphatic rings. The maximum Gasteiger partial charge on any atom is 0.419 e. The fourth-order valence-corrected chi connectivity index (χ4v) is 4.60. The second-order valence-corrected chi connectivity index (χ2v) is 7.90. The summed E-state index contributed by atoms with van der Waals surface area (Å²) in [7, 11) is -2.11. The molecule has 24 heavy (non-hydrogen) atoms. The average molecular weight is 352 g/mol. The van der Waals surface area contributed by atoms with Crippen molar-refractivity contribution in [2.24, 2.45) is 7.05 Å². The summed E-state index contributed by atoms with van der Waals surface area (Å²) in [6, 6.07) is 4.13. The number of benzene rings is 1. The minimum absolute atomic E-state index is 0.0775. The Morgan fingerprint density at radius 1 is 1.25 bits per heavy atom. The molecule has 2 amide bonds. The standard InChI is InChI=1S/C14H16N4O5S/c1-16-11-3-2-10(6-12(11)23-14(16)20)24(21,22)17-7-9(8-17)18-5-4-15-13(18)19/h2-3,6,9H,4-5,7-8H2,1H3,(H,15,19). The number of hydrogen-bond acceptors (Lipinski definition) is 5. The summed E-state index contributed by atoms with van der Waals surface area (Å²) < 4.78 is 33.0. The van der Waals surface area contributed by atoms with E-state index < -0.39 is 15.8 Å². The third-order valence-electron chi connectivity index (χ3n) is 4.56. The van der Waals surface area contributed by atoms with Gasteiger partial charge in [-0.3, -0.25) is 4.57 Å². The van der Waals surface area contributed by atoms with Gasteiger partial charge < -0.3 is 14.6 Å². The maximum atomic E-state index is 12.7. The number of oxazole rings is 1. The minimum atomic E-state index is -3.67. The Hall–Kier alpha value is -2.33. The van der Waals surface area contributed by atoms with Crippen molar-refractivity contribution in [3.8, 4) is 0 Å². The van der Waals surface area contributed by atoms with Crippen molar-refractivity contribution in [2.45, 2.75) is 10.9 Å². The lowest BCUT2D eigenvalue weighted by molar-refractivity contribution is 0.124. The quantitative estimate of drug-likeness (QED) is 0.804. The van der Waals surface area contributed by atoms with Crippen molar-refractivity contribution in [2.75, 3.05) is 26.2 Å². The molecule has 1 aromatic carbocycles. The van der Waals surface area contributed by atoms with Crippen LogP contribution in [-0.2, 0) is 17.1 Å². The van der Waals surface area contributed by atoms with E-state index in [1.54, 1.807) is 18.0 Å². The van der Waals surface area contributed by atoms with Gasteiger partial charge in [0, 0.05) is 39.3 Å². The molecule has 2 aromatic rings. The van der Waals surface area contributed by atoms with Crippen LogP contribution in [0.4, 0.5) is 4.79 Å². The number of fused-ring (bicyclic) bond motifs is 1. The summed E-state index contributed by atoms with van der Waals surface area (Å²) >= 11 is 0. The van der Waals surface area contributed by atoms with E-state index in [1.165, 1.54) is 21.0 Å². The van der Waals surface area contributed by atoms with Crippen LogP contribution in [0.15, 0.2) is 32.3 Å². The summed E-state index contributed by atoms with van der Waals surface area (Å²) in [5, 5.41) is 2.71. The van der Waals surface area contributed by atoms with Crippen LogP contribution >= 0.6 is 0 Å². The molecule has 2 saturated heterocycles. The fraction of sp³-hybridized carbons (Fsp3) is 0.429. The summed E-state index contributed by atoms with van der Waals surface area (Å²) in [5.41, 5.74) is 0.772. The summed E-state index contributed by atoms with van der Waals surface area (Å²) in [5.74, 6) is -0.538. The van der Waals surface area contributed by atoms with Crippen LogP contribution in [0.3, 0.4) is 0 Å². The van der Waals surface area contributed by atoms with E-state index in [0.29, 0.717) is 18.6 Å². The third kappa shape index (κ3) is 2.13. The fourth-order valence-electron chi connectivity index (χ4n) is 3.07. The van der Waals surface area contributed by atoms with Crippen molar-refractivity contribution in [1.29, 1.82) is 0 Å². The van der Waals surface area contributed by atoms with Crippen LogP contribution in [0, 0.1) is 0 Å². The second-order valence-electron chi connectivity index (χ2n) is 5.96. The van der Waals surface area contributed by atoms with E-state index in [4.69, 9.17) is 4.42 Å². The van der Waals surface area contributed by atoms with Crippen molar-refractivity contribution in [1.82, 2.24) is 19.1 Å². The number of rotatable bonds is 3. The molecule has 2 aliphatic heterocycles. The summed E-state index contributed by atoms with van der Waals surface area (Å²) in [4.78, 5) is 24.9. The number of hydrogen-bond donors (Lipinski definition) is 1. The number of amides is 2. The van der Waals surface area contributed by atoms with Crippen LogP contribution in [0.5, 0.6) is 0 Å². The van der Waals surface area contributed by atoms with Crippen LogP contribution in [0.1, 0.15) is 0 Å². The van der Waals surface area contributed by atoms with E-state index in [9.17, 15) is 18.0 Å². The third-order valence-corrected chi connectivity index (χ3v) is 6.39. The number of nitrogens with one attached hydrogen (secondary N) is 1. The molecule has 2 fully saturated rings. The van der Waals surface area contributed by atoms with E-state index >= 15 is 0 Å². The monoisotopic (exact) mass is 352 g/mol. The predicted molar refractivity (Wildman–Crippen MR) is 84.1 cm³/mol. The summed E-state index contributed by atoms with van der Waals surface area (Å²) in [6.45, 7) is 1.73. The first-order valence-electron chi connectivity index (χ1n) is 7.52. The van der Waals surface area contributed by atoms with Gasteiger partial charge in [0.15, 0.2) is 5.58 Å². The molecule has 0 spiro atoms. The van der Waals surface area contributed by atoms with Crippen LogP contribution in [0.25, 0.3) is 11.1 Å². The molecule has 3 heterocycles. The molecule has 128 valence electrons. The SMILES string of the molecule is Cn1c(=O)oc2cc(S(=O)(=O)N3CC(N4CCNC4=O)C3)ccc21. The number of nitrogens with zero attached hydrogens (tertiary/aromatic N) is 3. The molecule has 0 saturated carbocycles. The van der Waals surface area contributed by atoms with Crippen LogP contribution < -0.4 is 11.1 Å². The molecule has 0 bridgehead atoms. The van der Waals surface area contributed by atoms with Gasteiger partial charge >= 0.3 is 11.8 Å². The molecular weight excluding hydrogens is 336 g/mol. The highest BCUT2D eigenvalue weighted by molar-refractivity contribution is 7.89. The lowest BCUT2D eigenvalue weighted by Gasteiger charge is -2.42. The molecule has 4 rings (SSSR count). The second kappa shape index (κ2) is 5.08. The van der Waals surface area contributed by atoms with Crippen LogP contribution in [-0.4, -0.2) is 60.4 Å². The molecule has 0 aliphatic carbocycles. The number of aryl methyl sites for hydroxylation is 1. The first-order valence-corrected chi connectivity index (χ1v) is 8.96. The van der Waals surface area contributed by atoms with E-state index in [1.807, 2.05) is 0 Å². The van der Waals surface area contributed by atoms with Crippen molar-refractivity contribution in [3.63, 3.8) is 0 Å². The molecule has 0 atom stereocenters. The molecule has 9 nitrogen and oxygen atoms in total. The molecule has 1 aromatic heterocycles. The minimum Gasteiger partial charge on any atom is -0.408 e. The molecule has 1 N–H and O–H groups in total. The Labute approximate surface area is 137 Å². The smallest absolute Gasteiger partial charge is 0.408 e. The van der Waals surface area contributed by atoms with Gasteiger partial charge in [0.25, 0.3) is 0 Å². The van der Waals surface area contributed by atoms with Crippen molar-refractivity contribution >= 4 is 27.2 Å². The number of carbonyl (C=O) groups excluding carboxylic acids is 1. The predicted octanol–water partition coefficient (Wildman–Crippen LogP) is -0.470. The highest BCUT2D eigenvalue weighted by atomic mass is 32.2. The number of carbonyl (C=O) groups is 1. The largest absolute Gasteiger partial charge is 0.419 e. The lowest BCUT2D eigenvalue weighted by atomic mass is 10.1. The van der Waals surface area contributed by atoms with Gasteiger partial charge in [-0.2, -0.15) is 4.31 Å². The van der Waals surface area contributed by atoms with Gasteiger partial charge in [-0.15, -0.1) is 0 Å². The van der Waals surface area contributed by atoms with Gasteiger partial charge in [-0.1, -0.05) is 0 Å². The molecular formula is C14H16N4O5S. The molecule has 0 unspecified atom stereocenters. The number of urea groups is 1. The zero-order valence-corrected chi connectivity index (χ0v) is 13.7. The van der Waals surface area contributed by atoms with E-state index in [-0.39, 0.29) is 35.6 Å². The Balaban J connectivity index is 1.57. The summed E-state index contributed by atoms with van der Waals surface area (Å²) in [6.07, 6.45) is 0. The number of aromatic nitrogens is 1. The number of sulfonamides is 1. The molecule has 10 heteroatoms. The first-order chi connectivity index (χ1) is 11.4. The lowest BCUT2D eigenvalue weighted by Crippen LogP contribution is -2.61. The van der Waals surface area contributed by atoms with Crippen molar-refractivity contribution < 1.29 is 17.6 Å². The Kier molecular flexibility index (Phi) is 3.22. The zero-order chi connectivity index (χ0) is 17.1. The zero-order valence-electron chi connectivity index (χ0n) is 12.9. The Bertz CT molecular complexity index is 986. The van der Waals surface area contributed by atoms with Gasteiger partial charge in [0.1, 0.15) is 0 Å². The average Bonchev–Trinajstić information content (AvgIpc) is 3.02. The highest BCUT2D eigenvalue weighted by Gasteiger charge is 2.42. The van der Waals surface area contributed by atoms with E-state index in [0.717, 1.165) is 0 Å². The first kappa shape index (κ1) is 15.2. The van der Waals surface area contributed by atoms with Gasteiger partial charge in [-0.25, -0.2) is 18.0 Å². The van der Waals surface area contributed by atoms with Gasteiger partial charge in [0.2, 0.25) is 10.0 Å². The Morgan fingerprint density at radius 2 is 2.00 bits per heavy atom. The molecule has 0 radical (unpaired) electrons. The maximum absolute atomic E-state index is 12.7. The van der Waals surface area contributed by atoms with E-state index in [2.05, 4.69) is 5.32 Å². The van der Waals surface area contributed by atoms with Crippen LogP contribution in [0.2, 0.25) is 0 Å². The van der Waals surface area contributed by atoms with Gasteiger partial charge in [-0.05, 0) is 12.1 Å². The van der Waals surface area contributed by atoms with Gasteiger partial charge in [0.05, 0.1) is 16.5 Å². The Morgan fingerprint density at radius 3 is 2.67 bits per heavy atom. The van der Waals surface area contributed by atoms with Crippen molar-refractivity contribution in [3.05, 3.63) is 28.7 Å². The highest BCUT2D eigenvalue weighted by Crippen LogP contribution is 2.27. The normalized spacial score (nSPS) is 19.7.